The molecule has 2 aromatic rings. The van der Waals surface area contributed by atoms with Crippen molar-refractivity contribution in [2.24, 2.45) is 0 Å². The van der Waals surface area contributed by atoms with Crippen LogP contribution < -0.4 is 10.9 Å². The molecule has 2 aromatic carbocycles. The summed E-state index contributed by atoms with van der Waals surface area (Å²) in [4.78, 5) is 25.3. The lowest BCUT2D eigenvalue weighted by Gasteiger charge is -2.11. The van der Waals surface area contributed by atoms with E-state index in [1.807, 2.05) is 6.07 Å². The normalized spacial score (nSPS) is 10.8. The highest BCUT2D eigenvalue weighted by atomic mass is 32.2. The molecule has 1 atom stereocenters. The van der Waals surface area contributed by atoms with E-state index in [4.69, 9.17) is 6.57 Å². The molecule has 0 bridgehead atoms. The van der Waals surface area contributed by atoms with Crippen molar-refractivity contribution in [3.8, 4) is 6.07 Å². The van der Waals surface area contributed by atoms with Crippen LogP contribution in [0.4, 0.5) is 11.4 Å². The number of benzene rings is 2. The molecule has 0 radical (unpaired) electrons. The van der Waals surface area contributed by atoms with Gasteiger partial charge in [-0.15, -0.1) is 0 Å². The van der Waals surface area contributed by atoms with Crippen LogP contribution in [0.15, 0.2) is 52.3 Å². The van der Waals surface area contributed by atoms with E-state index in [0.717, 1.165) is 0 Å². The van der Waals surface area contributed by atoms with Gasteiger partial charge < -0.3 is 0 Å². The number of nitrogens with one attached hydrogen (secondary N) is 2. The Morgan fingerprint density at radius 2 is 2.00 bits per heavy atom. The molecule has 0 aliphatic rings. The third-order valence-electron chi connectivity index (χ3n) is 2.92. The molecular formula is C16H10N4O3S. The third-order valence-corrected chi connectivity index (χ3v) is 4.35. The van der Waals surface area contributed by atoms with Crippen LogP contribution in [-0.2, 0) is 20.4 Å². The first kappa shape index (κ1) is 16.9. The van der Waals surface area contributed by atoms with E-state index in [0.29, 0.717) is 4.90 Å². The quantitative estimate of drug-likeness (QED) is 0.375. The lowest BCUT2D eigenvalue weighted by molar-refractivity contribution is -0.130. The van der Waals surface area contributed by atoms with E-state index >= 15 is 0 Å². The predicted molar refractivity (Wildman–Crippen MR) is 86.4 cm³/mol. The van der Waals surface area contributed by atoms with Gasteiger partial charge in [-0.05, 0) is 24.3 Å². The van der Waals surface area contributed by atoms with Crippen molar-refractivity contribution in [1.82, 2.24) is 5.43 Å². The zero-order valence-corrected chi connectivity index (χ0v) is 13.0. The Hall–Kier alpha value is -3.49. The van der Waals surface area contributed by atoms with Crippen molar-refractivity contribution >= 4 is 34.4 Å². The summed E-state index contributed by atoms with van der Waals surface area (Å²) in [6.07, 6.45) is 0.0631. The van der Waals surface area contributed by atoms with Gasteiger partial charge in [-0.3, -0.25) is 24.6 Å². The second-order valence-electron chi connectivity index (χ2n) is 4.40. The van der Waals surface area contributed by atoms with Gasteiger partial charge in [0.05, 0.1) is 33.5 Å². The van der Waals surface area contributed by atoms with Gasteiger partial charge in [0.15, 0.2) is 0 Å². The molecule has 0 saturated carbocycles. The number of aldehydes is 1. The summed E-state index contributed by atoms with van der Waals surface area (Å²) in [6.45, 7) is 7.25. The summed E-state index contributed by atoms with van der Waals surface area (Å²) in [7, 11) is -1.63. The maximum Gasteiger partial charge on any atom is 0.302 e. The standard InChI is InChI=1S/C16H10N4O3S/c1-18-14-8-13(19-20-16(22)10-21)11(9-17)7-15(14)24(23)12-5-3-2-4-6-12/h2-8,10,19H,(H,20,22). The largest absolute Gasteiger partial charge is 0.302 e. The first-order valence-corrected chi connectivity index (χ1v) is 7.69. The monoisotopic (exact) mass is 338 g/mol. The van der Waals surface area contributed by atoms with Crippen molar-refractivity contribution < 1.29 is 13.8 Å². The summed E-state index contributed by atoms with van der Waals surface area (Å²) in [5.41, 5.74) is 4.75. The van der Waals surface area contributed by atoms with Crippen LogP contribution in [0.2, 0.25) is 0 Å². The van der Waals surface area contributed by atoms with Gasteiger partial charge in [0.2, 0.25) is 12.0 Å². The van der Waals surface area contributed by atoms with Gasteiger partial charge in [0.1, 0.15) is 6.07 Å². The van der Waals surface area contributed by atoms with Crippen LogP contribution in [0.5, 0.6) is 0 Å². The number of nitriles is 1. The van der Waals surface area contributed by atoms with Crippen molar-refractivity contribution in [2.75, 3.05) is 5.43 Å². The molecule has 0 heterocycles. The fourth-order valence-electron chi connectivity index (χ4n) is 1.83. The van der Waals surface area contributed by atoms with Gasteiger partial charge in [-0.1, -0.05) is 18.2 Å². The minimum atomic E-state index is -1.63. The Kier molecular flexibility index (Phi) is 5.40. The Morgan fingerprint density at radius 1 is 1.29 bits per heavy atom. The molecule has 118 valence electrons. The first-order chi connectivity index (χ1) is 11.6. The molecule has 1 amide bonds. The van der Waals surface area contributed by atoms with Crippen molar-refractivity contribution in [3.63, 3.8) is 0 Å². The fourth-order valence-corrected chi connectivity index (χ4v) is 3.01. The van der Waals surface area contributed by atoms with E-state index in [-0.39, 0.29) is 28.1 Å². The molecule has 1 unspecified atom stereocenters. The molecule has 0 aromatic heterocycles. The summed E-state index contributed by atoms with van der Waals surface area (Å²) < 4.78 is 12.6. The summed E-state index contributed by atoms with van der Waals surface area (Å²) in [5.74, 6) is -0.930. The van der Waals surface area contributed by atoms with Crippen LogP contribution in [0.3, 0.4) is 0 Å². The number of hydrazine groups is 1. The lowest BCUT2D eigenvalue weighted by atomic mass is 10.2. The number of anilines is 1. The molecule has 0 aliphatic carbocycles. The predicted octanol–water partition coefficient (Wildman–Crippen LogP) is 1.92. The van der Waals surface area contributed by atoms with Crippen LogP contribution in [0.1, 0.15) is 5.56 Å². The highest BCUT2D eigenvalue weighted by molar-refractivity contribution is 7.85. The smallest absolute Gasteiger partial charge is 0.298 e. The number of hydrogen-bond acceptors (Lipinski definition) is 5. The Labute approximate surface area is 140 Å². The Morgan fingerprint density at radius 3 is 2.58 bits per heavy atom. The zero-order valence-electron chi connectivity index (χ0n) is 12.1. The van der Waals surface area contributed by atoms with Gasteiger partial charge in [-0.2, -0.15) is 5.26 Å². The van der Waals surface area contributed by atoms with E-state index in [9.17, 15) is 19.1 Å². The number of hydrogen-bond donors (Lipinski definition) is 2. The first-order valence-electron chi connectivity index (χ1n) is 6.54. The molecule has 0 spiro atoms. The van der Waals surface area contributed by atoms with E-state index in [2.05, 4.69) is 15.7 Å². The number of amides is 1. The van der Waals surface area contributed by atoms with Gasteiger partial charge in [-0.25, -0.2) is 4.85 Å². The number of carbonyl (C=O) groups is 2. The van der Waals surface area contributed by atoms with E-state index < -0.39 is 16.7 Å². The Bertz CT molecular complexity index is 898. The molecule has 2 rings (SSSR count). The number of carbonyl (C=O) groups excluding carboxylic acids is 2. The highest BCUT2D eigenvalue weighted by Gasteiger charge is 2.16. The average Bonchev–Trinajstić information content (AvgIpc) is 2.65. The molecule has 7 nitrogen and oxygen atoms in total. The molecule has 2 N–H and O–H groups in total. The van der Waals surface area contributed by atoms with Crippen molar-refractivity contribution in [1.29, 1.82) is 5.26 Å². The molecule has 24 heavy (non-hydrogen) atoms. The number of rotatable bonds is 5. The van der Waals surface area contributed by atoms with Crippen LogP contribution in [0, 0.1) is 17.9 Å². The second kappa shape index (κ2) is 7.68. The molecule has 0 fully saturated rings. The van der Waals surface area contributed by atoms with Crippen LogP contribution in [-0.4, -0.2) is 16.4 Å². The molecule has 0 aliphatic heterocycles. The maximum atomic E-state index is 12.6. The Balaban J connectivity index is 2.46. The van der Waals surface area contributed by atoms with Gasteiger partial charge in [0.25, 0.3) is 0 Å². The zero-order chi connectivity index (χ0) is 17.5. The summed E-state index contributed by atoms with van der Waals surface area (Å²) in [6, 6.07) is 13.1. The minimum absolute atomic E-state index is 0.0631. The molecule has 0 saturated heterocycles. The molecular weight excluding hydrogens is 328 g/mol. The third kappa shape index (κ3) is 3.64. The SMILES string of the molecule is [C-]#[N+]c1cc(NNC(=O)C=O)c(C#N)cc1S(=O)c1ccccc1. The van der Waals surface area contributed by atoms with Gasteiger partial charge >= 0.3 is 5.91 Å². The number of nitrogens with zero attached hydrogens (tertiary/aromatic N) is 2. The van der Waals surface area contributed by atoms with Gasteiger partial charge in [0, 0.05) is 4.90 Å². The van der Waals surface area contributed by atoms with Crippen molar-refractivity contribution in [2.45, 2.75) is 9.79 Å². The van der Waals surface area contributed by atoms with Crippen LogP contribution >= 0.6 is 0 Å². The van der Waals surface area contributed by atoms with E-state index in [1.54, 1.807) is 30.3 Å². The topological polar surface area (TPSA) is 103 Å². The summed E-state index contributed by atoms with van der Waals surface area (Å²) >= 11 is 0. The fraction of sp³-hybridized carbons (Fsp3) is 0. The highest BCUT2D eigenvalue weighted by Crippen LogP contribution is 2.32. The molecule has 8 heteroatoms. The second-order valence-corrected chi connectivity index (χ2v) is 5.85. The average molecular weight is 338 g/mol. The lowest BCUT2D eigenvalue weighted by Crippen LogP contribution is -2.30. The van der Waals surface area contributed by atoms with E-state index in [1.165, 1.54) is 12.1 Å². The van der Waals surface area contributed by atoms with Crippen LogP contribution in [0.25, 0.3) is 4.85 Å². The minimum Gasteiger partial charge on any atom is -0.298 e. The summed E-state index contributed by atoms with van der Waals surface area (Å²) in [5, 5.41) is 9.23. The maximum absolute atomic E-state index is 12.6. The van der Waals surface area contributed by atoms with Crippen molar-refractivity contribution in [3.05, 3.63) is 59.4 Å².